The lowest BCUT2D eigenvalue weighted by Gasteiger charge is -2.44. The highest BCUT2D eigenvalue weighted by Gasteiger charge is 2.47. The average Bonchev–Trinajstić information content (AvgIpc) is 2.56. The summed E-state index contributed by atoms with van der Waals surface area (Å²) in [5, 5.41) is 0.0806. The van der Waals surface area contributed by atoms with Gasteiger partial charge in [-0.05, 0) is 62.0 Å². The van der Waals surface area contributed by atoms with Crippen LogP contribution in [0.1, 0.15) is 53.9 Å². The lowest BCUT2D eigenvalue weighted by Crippen LogP contribution is -2.47. The first-order chi connectivity index (χ1) is 12.3. The standard InChI is InChI=1S/C21H27NO3S/c1-13-9-14(2)18(15(3)10-13)19-16(23)11-21(12-17(19)24)5-7-22(8-6-21)20(25)26-4/h9-10,19H,5-8,11-12H2,1-4H3. The normalized spacial score (nSPS) is 20.7. The van der Waals surface area contributed by atoms with Gasteiger partial charge in [-0.15, -0.1) is 0 Å². The van der Waals surface area contributed by atoms with Crippen LogP contribution < -0.4 is 0 Å². The lowest BCUT2D eigenvalue weighted by atomic mass is 9.62. The van der Waals surface area contributed by atoms with E-state index in [1.54, 1.807) is 6.26 Å². The third-order valence-electron chi connectivity index (χ3n) is 6.03. The SMILES string of the molecule is CSC(=O)N1CCC2(CC1)CC(=O)C(c1c(C)cc(C)cc1C)C(=O)C2. The van der Waals surface area contributed by atoms with Crippen LogP contribution in [0.15, 0.2) is 12.1 Å². The quantitative estimate of drug-likeness (QED) is 0.693. The molecule has 26 heavy (non-hydrogen) atoms. The van der Waals surface area contributed by atoms with Crippen molar-refractivity contribution in [2.45, 2.75) is 52.4 Å². The van der Waals surface area contributed by atoms with Gasteiger partial charge in [0.2, 0.25) is 0 Å². The van der Waals surface area contributed by atoms with Crippen molar-refractivity contribution in [3.8, 4) is 0 Å². The Morgan fingerprint density at radius 1 is 1.04 bits per heavy atom. The van der Waals surface area contributed by atoms with E-state index in [4.69, 9.17) is 0 Å². The maximum Gasteiger partial charge on any atom is 0.281 e. The highest BCUT2D eigenvalue weighted by Crippen LogP contribution is 2.46. The Labute approximate surface area is 159 Å². The van der Waals surface area contributed by atoms with Crippen LogP contribution in [-0.4, -0.2) is 41.1 Å². The summed E-state index contributed by atoms with van der Waals surface area (Å²) in [6, 6.07) is 4.11. The summed E-state index contributed by atoms with van der Waals surface area (Å²) < 4.78 is 0. The molecule has 0 aromatic heterocycles. The Hall–Kier alpha value is -1.62. The van der Waals surface area contributed by atoms with E-state index in [1.165, 1.54) is 11.8 Å². The van der Waals surface area contributed by atoms with Crippen molar-refractivity contribution in [3.05, 3.63) is 34.4 Å². The zero-order valence-electron chi connectivity index (χ0n) is 16.1. The molecule has 3 rings (SSSR count). The van der Waals surface area contributed by atoms with E-state index in [9.17, 15) is 14.4 Å². The van der Waals surface area contributed by atoms with Crippen molar-refractivity contribution in [2.75, 3.05) is 19.3 Å². The number of aryl methyl sites for hydroxylation is 3. The molecule has 1 amide bonds. The summed E-state index contributed by atoms with van der Waals surface area (Å²) in [6.45, 7) is 7.31. The maximum atomic E-state index is 13.0. The highest BCUT2D eigenvalue weighted by molar-refractivity contribution is 8.12. The summed E-state index contributed by atoms with van der Waals surface area (Å²) in [4.78, 5) is 39.8. The van der Waals surface area contributed by atoms with Gasteiger partial charge in [0.05, 0.1) is 0 Å². The Bertz CT molecular complexity index is 720. The Kier molecular flexibility index (Phi) is 5.29. The van der Waals surface area contributed by atoms with Crippen molar-refractivity contribution in [2.24, 2.45) is 5.41 Å². The minimum atomic E-state index is -0.605. The Morgan fingerprint density at radius 2 is 1.54 bits per heavy atom. The van der Waals surface area contributed by atoms with Crippen molar-refractivity contribution in [1.82, 2.24) is 4.90 Å². The number of nitrogens with zero attached hydrogens (tertiary/aromatic N) is 1. The van der Waals surface area contributed by atoms with Crippen LogP contribution in [0.25, 0.3) is 0 Å². The summed E-state index contributed by atoms with van der Waals surface area (Å²) in [5.41, 5.74) is 3.89. The van der Waals surface area contributed by atoms with Crippen molar-refractivity contribution < 1.29 is 14.4 Å². The lowest BCUT2D eigenvalue weighted by molar-refractivity contribution is -0.138. The molecule has 0 unspecified atom stereocenters. The molecular weight excluding hydrogens is 346 g/mol. The van der Waals surface area contributed by atoms with Gasteiger partial charge in [0, 0.05) is 25.9 Å². The number of thioether (sulfide) groups is 1. The number of ketones is 2. The molecule has 1 spiro atoms. The van der Waals surface area contributed by atoms with Gasteiger partial charge in [-0.25, -0.2) is 0 Å². The highest BCUT2D eigenvalue weighted by atomic mass is 32.2. The molecule has 1 saturated carbocycles. The molecule has 140 valence electrons. The molecule has 1 heterocycles. The molecule has 1 aromatic rings. The smallest absolute Gasteiger partial charge is 0.281 e. The van der Waals surface area contributed by atoms with E-state index in [0.29, 0.717) is 25.9 Å². The number of Topliss-reactive ketones (excluding diaryl/α,β-unsaturated/α-hetero) is 2. The molecule has 0 radical (unpaired) electrons. The fourth-order valence-electron chi connectivity index (χ4n) is 4.80. The Balaban J connectivity index is 1.80. The number of piperidine rings is 1. The molecular formula is C21H27NO3S. The molecule has 1 aliphatic carbocycles. The number of hydrogen-bond acceptors (Lipinski definition) is 4. The first kappa shape index (κ1) is 19.2. The zero-order chi connectivity index (χ0) is 19.1. The maximum absolute atomic E-state index is 13.0. The molecule has 1 aromatic carbocycles. The third kappa shape index (κ3) is 3.46. The Morgan fingerprint density at radius 3 is 2.00 bits per heavy atom. The molecule has 2 aliphatic rings. The van der Waals surface area contributed by atoms with Crippen molar-refractivity contribution in [1.29, 1.82) is 0 Å². The van der Waals surface area contributed by atoms with Gasteiger partial charge in [-0.1, -0.05) is 29.5 Å². The minimum absolute atomic E-state index is 0.0564. The van der Waals surface area contributed by atoms with E-state index < -0.39 is 5.92 Å². The first-order valence-electron chi connectivity index (χ1n) is 9.22. The van der Waals surface area contributed by atoms with Crippen LogP contribution in [0, 0.1) is 26.2 Å². The van der Waals surface area contributed by atoms with Crippen LogP contribution in [0.2, 0.25) is 0 Å². The molecule has 2 fully saturated rings. The van der Waals surface area contributed by atoms with E-state index in [0.717, 1.165) is 35.1 Å². The molecule has 1 saturated heterocycles. The van der Waals surface area contributed by atoms with Gasteiger partial charge < -0.3 is 4.90 Å². The fraction of sp³-hybridized carbons (Fsp3) is 0.571. The predicted molar refractivity (Wildman–Crippen MR) is 105 cm³/mol. The second kappa shape index (κ2) is 7.18. The summed E-state index contributed by atoms with van der Waals surface area (Å²) in [5.74, 6) is -0.492. The summed E-state index contributed by atoms with van der Waals surface area (Å²) in [7, 11) is 0. The monoisotopic (exact) mass is 373 g/mol. The topological polar surface area (TPSA) is 54.5 Å². The molecule has 0 atom stereocenters. The van der Waals surface area contributed by atoms with Gasteiger partial charge in [0.25, 0.3) is 5.24 Å². The number of carbonyl (C=O) groups is 3. The number of hydrogen-bond donors (Lipinski definition) is 0. The molecule has 4 nitrogen and oxygen atoms in total. The van der Waals surface area contributed by atoms with Crippen LogP contribution in [0.4, 0.5) is 4.79 Å². The van der Waals surface area contributed by atoms with Gasteiger partial charge in [0.15, 0.2) is 0 Å². The number of benzene rings is 1. The zero-order valence-corrected chi connectivity index (χ0v) is 16.9. The summed E-state index contributed by atoms with van der Waals surface area (Å²) >= 11 is 1.22. The first-order valence-corrected chi connectivity index (χ1v) is 10.4. The largest absolute Gasteiger partial charge is 0.334 e. The van der Waals surface area contributed by atoms with Crippen LogP contribution in [-0.2, 0) is 9.59 Å². The molecule has 5 heteroatoms. The van der Waals surface area contributed by atoms with Crippen molar-refractivity contribution >= 4 is 28.6 Å². The summed E-state index contributed by atoms with van der Waals surface area (Å²) in [6.07, 6.45) is 4.19. The number of likely N-dealkylation sites (tertiary alicyclic amines) is 1. The fourth-order valence-corrected chi connectivity index (χ4v) is 5.24. The molecule has 0 N–H and O–H groups in total. The predicted octanol–water partition coefficient (Wildman–Crippen LogP) is 4.19. The average molecular weight is 374 g/mol. The number of rotatable bonds is 1. The molecule has 0 bridgehead atoms. The third-order valence-corrected chi connectivity index (χ3v) is 6.63. The minimum Gasteiger partial charge on any atom is -0.334 e. The van der Waals surface area contributed by atoms with Gasteiger partial charge >= 0.3 is 0 Å². The second-order valence-electron chi connectivity index (χ2n) is 7.99. The van der Waals surface area contributed by atoms with E-state index in [-0.39, 0.29) is 22.2 Å². The number of amides is 1. The van der Waals surface area contributed by atoms with E-state index >= 15 is 0 Å². The number of carbonyl (C=O) groups excluding carboxylic acids is 3. The van der Waals surface area contributed by atoms with Gasteiger partial charge in [-0.3, -0.25) is 14.4 Å². The van der Waals surface area contributed by atoms with E-state index in [1.807, 2.05) is 25.7 Å². The van der Waals surface area contributed by atoms with Crippen LogP contribution >= 0.6 is 11.8 Å². The van der Waals surface area contributed by atoms with Gasteiger partial charge in [-0.2, -0.15) is 0 Å². The van der Waals surface area contributed by atoms with Crippen LogP contribution in [0.3, 0.4) is 0 Å². The van der Waals surface area contributed by atoms with Crippen molar-refractivity contribution in [3.63, 3.8) is 0 Å². The second-order valence-corrected chi connectivity index (χ2v) is 8.75. The van der Waals surface area contributed by atoms with Gasteiger partial charge in [0.1, 0.15) is 17.5 Å². The van der Waals surface area contributed by atoms with E-state index in [2.05, 4.69) is 12.1 Å². The molecule has 1 aliphatic heterocycles. The van der Waals surface area contributed by atoms with Crippen LogP contribution in [0.5, 0.6) is 0 Å².